The van der Waals surface area contributed by atoms with Crippen molar-refractivity contribution in [3.8, 4) is 0 Å². The molecule has 1 fully saturated rings. The lowest BCUT2D eigenvalue weighted by Crippen LogP contribution is -2.54. The number of likely N-dealkylation sites (N-methyl/N-ethyl adjacent to an activating group) is 1. The SMILES string of the molecule is CCC(CC)(C(NC)c1ccc(F)c(F)c1)N1CCCC1. The maximum atomic E-state index is 13.6. The van der Waals surface area contributed by atoms with Crippen LogP contribution in [-0.2, 0) is 0 Å². The molecular formula is C17H26F2N2. The molecule has 0 spiro atoms. The minimum atomic E-state index is -0.784. The summed E-state index contributed by atoms with van der Waals surface area (Å²) >= 11 is 0. The van der Waals surface area contributed by atoms with Gasteiger partial charge in [-0.05, 0) is 63.5 Å². The van der Waals surface area contributed by atoms with E-state index >= 15 is 0 Å². The van der Waals surface area contributed by atoms with Crippen molar-refractivity contribution in [1.29, 1.82) is 0 Å². The highest BCUT2D eigenvalue weighted by molar-refractivity contribution is 5.25. The van der Waals surface area contributed by atoms with E-state index in [1.54, 1.807) is 6.07 Å². The third-order valence-corrected chi connectivity index (χ3v) is 5.06. The van der Waals surface area contributed by atoms with Crippen molar-refractivity contribution >= 4 is 0 Å². The van der Waals surface area contributed by atoms with Gasteiger partial charge in [0.15, 0.2) is 11.6 Å². The minimum Gasteiger partial charge on any atom is -0.311 e. The van der Waals surface area contributed by atoms with E-state index in [0.717, 1.165) is 31.5 Å². The summed E-state index contributed by atoms with van der Waals surface area (Å²) in [6.07, 6.45) is 4.40. The molecule has 21 heavy (non-hydrogen) atoms. The Labute approximate surface area is 126 Å². The van der Waals surface area contributed by atoms with Crippen LogP contribution < -0.4 is 5.32 Å². The summed E-state index contributed by atoms with van der Waals surface area (Å²) in [5, 5.41) is 3.35. The first-order valence-corrected chi connectivity index (χ1v) is 7.96. The van der Waals surface area contributed by atoms with Crippen LogP contribution in [0, 0.1) is 11.6 Å². The molecule has 1 heterocycles. The zero-order chi connectivity index (χ0) is 15.5. The molecule has 0 amide bonds. The third-order valence-electron chi connectivity index (χ3n) is 5.06. The topological polar surface area (TPSA) is 15.3 Å². The van der Waals surface area contributed by atoms with Crippen molar-refractivity contribution in [2.45, 2.75) is 51.1 Å². The summed E-state index contributed by atoms with van der Waals surface area (Å²) in [5.41, 5.74) is 0.780. The Morgan fingerprint density at radius 1 is 1.14 bits per heavy atom. The van der Waals surface area contributed by atoms with Gasteiger partial charge in [0.2, 0.25) is 0 Å². The van der Waals surface area contributed by atoms with Gasteiger partial charge in [0.25, 0.3) is 0 Å². The second-order valence-electron chi connectivity index (χ2n) is 5.90. The predicted molar refractivity (Wildman–Crippen MR) is 82.3 cm³/mol. The maximum Gasteiger partial charge on any atom is 0.159 e. The first-order valence-electron chi connectivity index (χ1n) is 7.96. The Morgan fingerprint density at radius 3 is 2.24 bits per heavy atom. The van der Waals surface area contributed by atoms with Crippen LogP contribution in [0.3, 0.4) is 0 Å². The van der Waals surface area contributed by atoms with E-state index in [1.807, 2.05) is 7.05 Å². The van der Waals surface area contributed by atoms with Crippen LogP contribution in [0.2, 0.25) is 0 Å². The minimum absolute atomic E-state index is 0.000648. The number of nitrogens with zero attached hydrogens (tertiary/aromatic N) is 1. The molecule has 1 aromatic carbocycles. The highest BCUT2D eigenvalue weighted by atomic mass is 19.2. The number of halogens is 2. The molecule has 1 unspecified atom stereocenters. The summed E-state index contributed by atoms with van der Waals surface area (Å²) in [6, 6.07) is 4.28. The molecule has 2 rings (SSSR count). The lowest BCUT2D eigenvalue weighted by atomic mass is 9.79. The van der Waals surface area contributed by atoms with E-state index < -0.39 is 11.6 Å². The van der Waals surface area contributed by atoms with Gasteiger partial charge >= 0.3 is 0 Å². The van der Waals surface area contributed by atoms with Crippen molar-refractivity contribution in [2.75, 3.05) is 20.1 Å². The maximum absolute atomic E-state index is 13.6. The normalized spacial score (nSPS) is 18.1. The molecule has 118 valence electrons. The Bertz CT molecular complexity index is 466. The van der Waals surface area contributed by atoms with Crippen molar-refractivity contribution < 1.29 is 8.78 Å². The third kappa shape index (κ3) is 2.97. The Kier molecular flexibility index (Phi) is 5.33. The van der Waals surface area contributed by atoms with Crippen molar-refractivity contribution in [2.24, 2.45) is 0 Å². The molecule has 1 atom stereocenters. The molecular weight excluding hydrogens is 270 g/mol. The van der Waals surface area contributed by atoms with Gasteiger partial charge < -0.3 is 5.32 Å². The number of likely N-dealkylation sites (tertiary alicyclic amines) is 1. The van der Waals surface area contributed by atoms with E-state index in [2.05, 4.69) is 24.1 Å². The highest BCUT2D eigenvalue weighted by Crippen LogP contribution is 2.39. The largest absolute Gasteiger partial charge is 0.311 e. The number of benzene rings is 1. The molecule has 0 aliphatic carbocycles. The summed E-state index contributed by atoms with van der Waals surface area (Å²) in [7, 11) is 1.90. The van der Waals surface area contributed by atoms with Gasteiger partial charge in [0.05, 0.1) is 6.04 Å². The van der Waals surface area contributed by atoms with Gasteiger partial charge in [-0.25, -0.2) is 8.78 Å². The Balaban J connectivity index is 2.41. The summed E-state index contributed by atoms with van der Waals surface area (Å²) in [4.78, 5) is 2.52. The molecule has 0 saturated carbocycles. The summed E-state index contributed by atoms with van der Waals surface area (Å²) < 4.78 is 26.9. The average molecular weight is 296 g/mol. The average Bonchev–Trinajstić information content (AvgIpc) is 3.02. The van der Waals surface area contributed by atoms with E-state index in [1.165, 1.54) is 25.0 Å². The summed E-state index contributed by atoms with van der Waals surface area (Å²) in [6.45, 7) is 6.55. The van der Waals surface area contributed by atoms with Crippen molar-refractivity contribution in [3.05, 3.63) is 35.4 Å². The molecule has 0 radical (unpaired) electrons. The van der Waals surface area contributed by atoms with Crippen LogP contribution in [0.15, 0.2) is 18.2 Å². The highest BCUT2D eigenvalue weighted by Gasteiger charge is 2.42. The first kappa shape index (κ1) is 16.4. The molecule has 1 aliphatic rings. The van der Waals surface area contributed by atoms with Gasteiger partial charge in [-0.1, -0.05) is 19.9 Å². The molecule has 0 bridgehead atoms. The fourth-order valence-corrected chi connectivity index (χ4v) is 3.89. The number of nitrogens with one attached hydrogen (secondary N) is 1. The standard InChI is InChI=1S/C17H26F2N2/c1-4-17(5-2,21-10-6-7-11-21)16(20-3)13-8-9-14(18)15(19)12-13/h8-9,12,16,20H,4-7,10-11H2,1-3H3. The number of rotatable bonds is 6. The van der Waals surface area contributed by atoms with E-state index in [4.69, 9.17) is 0 Å². The molecule has 1 saturated heterocycles. The van der Waals surface area contributed by atoms with Crippen LogP contribution in [0.4, 0.5) is 8.78 Å². The molecule has 4 heteroatoms. The van der Waals surface area contributed by atoms with Crippen LogP contribution in [-0.4, -0.2) is 30.6 Å². The van der Waals surface area contributed by atoms with Crippen LogP contribution in [0.1, 0.15) is 51.1 Å². The van der Waals surface area contributed by atoms with Gasteiger partial charge in [0.1, 0.15) is 0 Å². The predicted octanol–water partition coefficient (Wildman–Crippen LogP) is 3.88. The van der Waals surface area contributed by atoms with Crippen LogP contribution >= 0.6 is 0 Å². The quantitative estimate of drug-likeness (QED) is 0.857. The molecule has 1 aliphatic heterocycles. The zero-order valence-corrected chi connectivity index (χ0v) is 13.3. The fraction of sp³-hybridized carbons (Fsp3) is 0.647. The molecule has 0 aromatic heterocycles. The molecule has 2 nitrogen and oxygen atoms in total. The second kappa shape index (κ2) is 6.84. The Morgan fingerprint density at radius 2 is 1.76 bits per heavy atom. The van der Waals surface area contributed by atoms with E-state index in [0.29, 0.717) is 0 Å². The van der Waals surface area contributed by atoms with Crippen molar-refractivity contribution in [1.82, 2.24) is 10.2 Å². The van der Waals surface area contributed by atoms with E-state index in [9.17, 15) is 8.78 Å². The first-order chi connectivity index (χ1) is 10.1. The Hall–Kier alpha value is -1.00. The van der Waals surface area contributed by atoms with Gasteiger partial charge in [-0.15, -0.1) is 0 Å². The fourth-order valence-electron chi connectivity index (χ4n) is 3.89. The number of hydrogen-bond donors (Lipinski definition) is 1. The lowest BCUT2D eigenvalue weighted by Gasteiger charge is -2.47. The monoisotopic (exact) mass is 296 g/mol. The molecule has 1 aromatic rings. The van der Waals surface area contributed by atoms with Gasteiger partial charge in [-0.3, -0.25) is 4.90 Å². The number of hydrogen-bond acceptors (Lipinski definition) is 2. The van der Waals surface area contributed by atoms with Crippen molar-refractivity contribution in [3.63, 3.8) is 0 Å². The van der Waals surface area contributed by atoms with E-state index in [-0.39, 0.29) is 11.6 Å². The summed E-state index contributed by atoms with van der Waals surface area (Å²) in [5.74, 6) is -1.55. The van der Waals surface area contributed by atoms with Gasteiger partial charge in [0, 0.05) is 5.54 Å². The smallest absolute Gasteiger partial charge is 0.159 e. The lowest BCUT2D eigenvalue weighted by molar-refractivity contribution is 0.0645. The van der Waals surface area contributed by atoms with Crippen LogP contribution in [0.5, 0.6) is 0 Å². The second-order valence-corrected chi connectivity index (χ2v) is 5.90. The molecule has 1 N–H and O–H groups in total. The zero-order valence-electron chi connectivity index (χ0n) is 13.3. The van der Waals surface area contributed by atoms with Crippen LogP contribution in [0.25, 0.3) is 0 Å². The van der Waals surface area contributed by atoms with Gasteiger partial charge in [-0.2, -0.15) is 0 Å².